The molecule has 4 heterocycles. The Labute approximate surface area is 267 Å². The number of nitrogens with zero attached hydrogens (tertiary/aromatic N) is 4. The molecule has 1 aliphatic carbocycles. The van der Waals surface area contributed by atoms with Crippen molar-refractivity contribution in [2.24, 2.45) is 7.05 Å². The smallest absolute Gasteiger partial charge is 0.230 e. The quantitative estimate of drug-likeness (QED) is 0.179. The summed E-state index contributed by atoms with van der Waals surface area (Å²) in [5, 5.41) is 7.40. The first-order chi connectivity index (χ1) is 21.3. The van der Waals surface area contributed by atoms with Gasteiger partial charge in [-0.15, -0.1) is 0 Å². The van der Waals surface area contributed by atoms with Crippen molar-refractivity contribution in [1.82, 2.24) is 9.78 Å². The molecule has 2 aliphatic rings. The molecule has 3 aromatic heterocycles. The van der Waals surface area contributed by atoms with Crippen LogP contribution in [0.25, 0.3) is 33.4 Å². The van der Waals surface area contributed by atoms with E-state index in [0.717, 1.165) is 54.0 Å². The van der Waals surface area contributed by atoms with Crippen molar-refractivity contribution in [3.05, 3.63) is 101 Å². The third kappa shape index (κ3) is 3.91. The second-order valence-electron chi connectivity index (χ2n) is 15.2. The molecule has 0 bridgehead atoms. The largest absolute Gasteiger partial charge is 0.262 e. The number of halogens is 1. The van der Waals surface area contributed by atoms with Gasteiger partial charge in [-0.3, -0.25) is 4.68 Å². The van der Waals surface area contributed by atoms with Crippen molar-refractivity contribution in [3.8, 4) is 22.6 Å². The Balaban J connectivity index is 1.44. The molecule has 0 saturated heterocycles. The molecule has 4 nitrogen and oxygen atoms in total. The lowest BCUT2D eigenvalue weighted by Crippen LogP contribution is -2.69. The average Bonchev–Trinajstić information content (AvgIpc) is 3.42. The highest BCUT2D eigenvalue weighted by Gasteiger charge is 2.61. The lowest BCUT2D eigenvalue weighted by atomic mass is 9.55. The molecule has 0 spiro atoms. The molecule has 2 atom stereocenters. The van der Waals surface area contributed by atoms with Gasteiger partial charge < -0.3 is 0 Å². The Morgan fingerprint density at radius 3 is 2.36 bits per heavy atom. The van der Waals surface area contributed by atoms with Crippen LogP contribution in [0.3, 0.4) is 0 Å². The summed E-state index contributed by atoms with van der Waals surface area (Å²) in [5.74, 6) is -0.104. The maximum atomic E-state index is 16.2. The fourth-order valence-electron chi connectivity index (χ4n) is 8.94. The van der Waals surface area contributed by atoms with Crippen molar-refractivity contribution in [3.63, 3.8) is 0 Å². The van der Waals surface area contributed by atoms with Gasteiger partial charge >= 0.3 is 0 Å². The van der Waals surface area contributed by atoms with Crippen molar-refractivity contribution >= 4 is 10.8 Å². The number of rotatable bonds is 6. The fraction of sp³-hybridized carbons (Fsp3) is 0.425. The normalized spacial score (nSPS) is 21.4. The molecule has 45 heavy (non-hydrogen) atoms. The molecule has 0 radical (unpaired) electrons. The van der Waals surface area contributed by atoms with E-state index in [0.29, 0.717) is 0 Å². The van der Waals surface area contributed by atoms with Crippen molar-refractivity contribution in [2.75, 3.05) is 0 Å². The summed E-state index contributed by atoms with van der Waals surface area (Å²) in [6.07, 6.45) is 7.33. The first kappa shape index (κ1) is 29.8. The third-order valence-electron chi connectivity index (χ3n) is 11.7. The highest BCUT2D eigenvalue weighted by molar-refractivity contribution is 6.01. The standard InChI is InChI=1S/C40H47FN4/c1-10-39(8)40(11-2,21-24-44-22-13-12-17-30(44)31-25-32(37(3,4)5)42-43(31)9)28-18-19-29(41)35-34(28)36-33-26(20-23-45(36)39)15-14-16-27(33)38(35,6)7/h12-20,22-23,25H,10-11,21,24H2,1-9H3/q+2. The summed E-state index contributed by atoms with van der Waals surface area (Å²) in [5.41, 5.74) is 8.11. The predicted octanol–water partition coefficient (Wildman–Crippen LogP) is 8.44. The number of hydrogen-bond acceptors (Lipinski definition) is 1. The van der Waals surface area contributed by atoms with Crippen LogP contribution in [-0.2, 0) is 35.4 Å². The van der Waals surface area contributed by atoms with Crippen LogP contribution in [0.15, 0.2) is 73.1 Å². The molecule has 2 aromatic carbocycles. The zero-order valence-electron chi connectivity index (χ0n) is 28.4. The fourth-order valence-corrected chi connectivity index (χ4v) is 8.94. The van der Waals surface area contributed by atoms with Gasteiger partial charge in [0.05, 0.1) is 22.1 Å². The van der Waals surface area contributed by atoms with Crippen molar-refractivity contribution in [2.45, 2.75) is 103 Å². The van der Waals surface area contributed by atoms with Crippen LogP contribution in [0, 0.1) is 5.82 Å². The molecule has 0 fully saturated rings. The summed E-state index contributed by atoms with van der Waals surface area (Å²) in [6, 6.07) is 21.4. The van der Waals surface area contributed by atoms with Gasteiger partial charge in [-0.25, -0.2) is 4.39 Å². The summed E-state index contributed by atoms with van der Waals surface area (Å²) < 4.78 is 23.2. The van der Waals surface area contributed by atoms with Gasteiger partial charge in [-0.1, -0.05) is 72.7 Å². The van der Waals surface area contributed by atoms with E-state index in [2.05, 4.69) is 132 Å². The molecule has 0 amide bonds. The van der Waals surface area contributed by atoms with Gasteiger partial charge in [0.25, 0.3) is 0 Å². The van der Waals surface area contributed by atoms with Crippen LogP contribution in [-0.4, -0.2) is 9.78 Å². The van der Waals surface area contributed by atoms with E-state index < -0.39 is 5.41 Å². The van der Waals surface area contributed by atoms with E-state index >= 15 is 4.39 Å². The van der Waals surface area contributed by atoms with Crippen LogP contribution in [0.1, 0.15) is 97.0 Å². The van der Waals surface area contributed by atoms with E-state index in [1.807, 2.05) is 11.7 Å². The van der Waals surface area contributed by atoms with E-state index in [1.54, 1.807) is 6.07 Å². The third-order valence-corrected chi connectivity index (χ3v) is 11.7. The second kappa shape index (κ2) is 9.82. The molecular weight excluding hydrogens is 555 g/mol. The molecule has 0 saturated carbocycles. The lowest BCUT2D eigenvalue weighted by molar-refractivity contribution is -0.767. The van der Waals surface area contributed by atoms with Crippen LogP contribution < -0.4 is 9.13 Å². The molecular formula is C40H47FN4+2. The maximum absolute atomic E-state index is 16.2. The summed E-state index contributed by atoms with van der Waals surface area (Å²) in [6.45, 7) is 19.0. The second-order valence-corrected chi connectivity index (χ2v) is 15.2. The van der Waals surface area contributed by atoms with E-state index in [-0.39, 0.29) is 22.2 Å². The van der Waals surface area contributed by atoms with Crippen LogP contribution >= 0.6 is 0 Å². The number of benzene rings is 2. The summed E-state index contributed by atoms with van der Waals surface area (Å²) in [4.78, 5) is 0. The molecule has 232 valence electrons. The van der Waals surface area contributed by atoms with Crippen molar-refractivity contribution in [1.29, 1.82) is 0 Å². The Hall–Kier alpha value is -3.86. The first-order valence-corrected chi connectivity index (χ1v) is 16.7. The Kier molecular flexibility index (Phi) is 6.51. The molecule has 1 aliphatic heterocycles. The number of aromatic nitrogens is 4. The molecule has 5 aromatic rings. The molecule has 5 heteroatoms. The minimum atomic E-state index is -0.452. The monoisotopic (exact) mass is 602 g/mol. The van der Waals surface area contributed by atoms with Gasteiger partial charge in [0, 0.05) is 61.4 Å². The Morgan fingerprint density at radius 2 is 1.67 bits per heavy atom. The van der Waals surface area contributed by atoms with Crippen LogP contribution in [0.2, 0.25) is 0 Å². The van der Waals surface area contributed by atoms with E-state index in [1.165, 1.54) is 27.6 Å². The number of hydrogen-bond donors (Lipinski definition) is 0. The summed E-state index contributed by atoms with van der Waals surface area (Å²) in [7, 11) is 2.05. The zero-order valence-corrected chi connectivity index (χ0v) is 28.4. The SMILES string of the molecule is CCC1(CC[n+]2ccccc2-c2cc(C(C)(C)C)nn2C)c2ccc(F)c3c2-c2c4c(cccc4cc[n+]2C1(C)CC)C3(C)C. The van der Waals surface area contributed by atoms with Gasteiger partial charge in [0.2, 0.25) is 11.4 Å². The minimum Gasteiger partial charge on any atom is -0.262 e. The van der Waals surface area contributed by atoms with Gasteiger partial charge in [-0.2, -0.15) is 14.2 Å². The number of aryl methyl sites for hydroxylation is 2. The van der Waals surface area contributed by atoms with Crippen LogP contribution in [0.4, 0.5) is 4.39 Å². The highest BCUT2D eigenvalue weighted by Crippen LogP contribution is 2.58. The lowest BCUT2D eigenvalue weighted by Gasteiger charge is -2.50. The average molecular weight is 603 g/mol. The maximum Gasteiger partial charge on any atom is 0.230 e. The zero-order chi connectivity index (χ0) is 32.1. The Bertz CT molecular complexity index is 1990. The van der Waals surface area contributed by atoms with E-state index in [9.17, 15) is 0 Å². The highest BCUT2D eigenvalue weighted by atomic mass is 19.1. The van der Waals surface area contributed by atoms with Gasteiger partial charge in [0.1, 0.15) is 18.1 Å². The topological polar surface area (TPSA) is 25.6 Å². The van der Waals surface area contributed by atoms with Gasteiger partial charge in [-0.05, 0) is 41.1 Å². The minimum absolute atomic E-state index is 0.0307. The predicted molar refractivity (Wildman–Crippen MR) is 180 cm³/mol. The van der Waals surface area contributed by atoms with Crippen LogP contribution in [0.5, 0.6) is 0 Å². The molecule has 2 unspecified atom stereocenters. The molecule has 7 rings (SSSR count). The Morgan fingerprint density at radius 1 is 0.889 bits per heavy atom. The van der Waals surface area contributed by atoms with E-state index in [4.69, 9.17) is 5.10 Å². The number of pyridine rings is 2. The van der Waals surface area contributed by atoms with Gasteiger partial charge in [0.15, 0.2) is 17.9 Å². The summed E-state index contributed by atoms with van der Waals surface area (Å²) >= 11 is 0. The van der Waals surface area contributed by atoms with Crippen molar-refractivity contribution < 1.29 is 13.5 Å². The molecule has 0 N–H and O–H groups in total. The first-order valence-electron chi connectivity index (χ1n) is 16.7.